The number of carbonyl (C=O) groups is 3. The molecule has 1 fully saturated rings. The van der Waals surface area contributed by atoms with Gasteiger partial charge in [-0.3, -0.25) is 9.59 Å². The van der Waals surface area contributed by atoms with Crippen LogP contribution in [0.4, 0.5) is 11.4 Å². The van der Waals surface area contributed by atoms with Crippen molar-refractivity contribution < 1.29 is 29.7 Å². The van der Waals surface area contributed by atoms with Crippen LogP contribution >= 0.6 is 0 Å². The molecule has 1 saturated heterocycles. The Morgan fingerprint density at radius 2 is 1.80 bits per heavy atom. The Morgan fingerprint density at radius 1 is 1.08 bits per heavy atom. The maximum atomic E-state index is 12.5. The Kier molecular flexibility index (Phi) is 4.02. The van der Waals surface area contributed by atoms with E-state index in [1.165, 1.54) is 12.1 Å². The smallest absolute Gasteiger partial charge is 0.339 e. The molecule has 0 bridgehead atoms. The molecule has 8 nitrogen and oxygen atoms in total. The van der Waals surface area contributed by atoms with Crippen molar-refractivity contribution in [3.05, 3.63) is 48.0 Å². The second kappa shape index (κ2) is 6.16. The summed E-state index contributed by atoms with van der Waals surface area (Å²) in [5, 5.41) is 31.2. The third-order valence-corrected chi connectivity index (χ3v) is 3.85. The van der Waals surface area contributed by atoms with Crippen LogP contribution in [-0.2, 0) is 9.59 Å². The number of aromatic hydroxyl groups is 2. The van der Waals surface area contributed by atoms with Crippen LogP contribution in [0.2, 0.25) is 0 Å². The van der Waals surface area contributed by atoms with Crippen molar-refractivity contribution in [3.63, 3.8) is 0 Å². The number of benzene rings is 2. The fourth-order valence-electron chi connectivity index (χ4n) is 2.63. The number of carbonyl (C=O) groups excluding carboxylic acids is 2. The van der Waals surface area contributed by atoms with Gasteiger partial charge in [0, 0.05) is 0 Å². The summed E-state index contributed by atoms with van der Waals surface area (Å²) in [5.41, 5.74) is -0.0329. The Bertz CT molecular complexity index is 879. The monoisotopic (exact) mass is 342 g/mol. The lowest BCUT2D eigenvalue weighted by atomic mass is 10.1. The minimum atomic E-state index is -1.37. The number of hydrogen-bond acceptors (Lipinski definition) is 6. The highest BCUT2D eigenvalue weighted by molar-refractivity contribution is 6.23. The van der Waals surface area contributed by atoms with Gasteiger partial charge in [0.15, 0.2) is 0 Å². The highest BCUT2D eigenvalue weighted by atomic mass is 16.4. The Labute approximate surface area is 141 Å². The number of aromatic carboxylic acids is 1. The zero-order chi connectivity index (χ0) is 18.1. The molecule has 0 spiro atoms. The SMILES string of the molecule is O=C(O)c1cc(N2C(=O)CC(Nc3ccccc3O)C2=O)ccc1O. The fraction of sp³-hybridized carbons (Fsp3) is 0.118. The van der Waals surface area contributed by atoms with Crippen molar-refractivity contribution in [2.75, 3.05) is 10.2 Å². The molecule has 25 heavy (non-hydrogen) atoms. The summed E-state index contributed by atoms with van der Waals surface area (Å²) >= 11 is 0. The van der Waals surface area contributed by atoms with Crippen LogP contribution in [0.25, 0.3) is 0 Å². The standard InChI is InChI=1S/C17H14N2O6/c20-13-6-5-9(7-10(13)17(24)25)19-15(22)8-12(16(19)23)18-11-3-1-2-4-14(11)21/h1-7,12,18,20-21H,8H2,(H,24,25). The number of amides is 2. The number of carboxylic acid groups (broad SMARTS) is 1. The van der Waals surface area contributed by atoms with E-state index in [1.807, 2.05) is 0 Å². The summed E-state index contributed by atoms with van der Waals surface area (Å²) in [5.74, 6) is -2.98. The van der Waals surface area contributed by atoms with Crippen LogP contribution in [0.5, 0.6) is 11.5 Å². The number of anilines is 2. The topological polar surface area (TPSA) is 127 Å². The summed E-state index contributed by atoms with van der Waals surface area (Å²) in [4.78, 5) is 36.7. The minimum Gasteiger partial charge on any atom is -0.507 e. The molecule has 2 aromatic rings. The molecule has 0 aromatic heterocycles. The van der Waals surface area contributed by atoms with Gasteiger partial charge in [-0.05, 0) is 30.3 Å². The van der Waals surface area contributed by atoms with Gasteiger partial charge >= 0.3 is 5.97 Å². The van der Waals surface area contributed by atoms with Gasteiger partial charge in [-0.1, -0.05) is 12.1 Å². The van der Waals surface area contributed by atoms with Crippen LogP contribution in [0.1, 0.15) is 16.8 Å². The summed E-state index contributed by atoms with van der Waals surface area (Å²) in [6, 6.07) is 8.89. The molecule has 1 heterocycles. The number of nitrogens with one attached hydrogen (secondary N) is 1. The van der Waals surface area contributed by atoms with Gasteiger partial charge in [0.2, 0.25) is 5.91 Å². The number of imide groups is 1. The first-order valence-corrected chi connectivity index (χ1v) is 7.36. The van der Waals surface area contributed by atoms with Crippen molar-refractivity contribution in [1.29, 1.82) is 0 Å². The second-order valence-corrected chi connectivity index (χ2v) is 5.49. The first-order valence-electron chi connectivity index (χ1n) is 7.36. The largest absolute Gasteiger partial charge is 0.507 e. The van der Waals surface area contributed by atoms with Gasteiger partial charge in [-0.25, -0.2) is 9.69 Å². The highest BCUT2D eigenvalue weighted by Gasteiger charge is 2.40. The number of hydrogen-bond donors (Lipinski definition) is 4. The molecule has 128 valence electrons. The van der Waals surface area contributed by atoms with Gasteiger partial charge in [0.1, 0.15) is 23.1 Å². The van der Waals surface area contributed by atoms with E-state index in [9.17, 15) is 24.6 Å². The molecule has 3 rings (SSSR count). The Balaban J connectivity index is 1.88. The van der Waals surface area contributed by atoms with E-state index in [4.69, 9.17) is 5.11 Å². The first kappa shape index (κ1) is 16.3. The lowest BCUT2D eigenvalue weighted by Gasteiger charge is -2.17. The molecule has 1 aliphatic rings. The zero-order valence-electron chi connectivity index (χ0n) is 12.8. The average Bonchev–Trinajstić information content (AvgIpc) is 2.84. The van der Waals surface area contributed by atoms with Gasteiger partial charge in [-0.15, -0.1) is 0 Å². The summed E-state index contributed by atoms with van der Waals surface area (Å²) in [6.07, 6.45) is -0.142. The third kappa shape index (κ3) is 2.97. The molecular formula is C17H14N2O6. The minimum absolute atomic E-state index is 0.0565. The number of carboxylic acids is 1. The van der Waals surface area contributed by atoms with Gasteiger partial charge < -0.3 is 20.6 Å². The molecule has 2 aromatic carbocycles. The normalized spacial score (nSPS) is 17.0. The molecule has 8 heteroatoms. The fourth-order valence-corrected chi connectivity index (χ4v) is 2.63. The number of phenols is 2. The van der Waals surface area contributed by atoms with Crippen molar-refractivity contribution in [3.8, 4) is 11.5 Å². The molecule has 4 N–H and O–H groups in total. The lowest BCUT2D eigenvalue weighted by molar-refractivity contribution is -0.121. The predicted molar refractivity (Wildman–Crippen MR) is 87.7 cm³/mol. The Morgan fingerprint density at radius 3 is 2.48 bits per heavy atom. The predicted octanol–water partition coefficient (Wildman–Crippen LogP) is 1.54. The number of rotatable bonds is 4. The average molecular weight is 342 g/mol. The number of para-hydroxylation sites is 2. The molecular weight excluding hydrogens is 328 g/mol. The van der Waals surface area contributed by atoms with Crippen molar-refractivity contribution in [2.24, 2.45) is 0 Å². The number of phenolic OH excluding ortho intramolecular Hbond substituents is 1. The maximum absolute atomic E-state index is 12.5. The molecule has 0 saturated carbocycles. The van der Waals surface area contributed by atoms with Crippen molar-refractivity contribution in [1.82, 2.24) is 0 Å². The third-order valence-electron chi connectivity index (χ3n) is 3.85. The van der Waals surface area contributed by atoms with Gasteiger partial charge in [-0.2, -0.15) is 0 Å². The van der Waals surface area contributed by atoms with E-state index in [2.05, 4.69) is 5.32 Å². The quantitative estimate of drug-likeness (QED) is 0.490. The summed E-state index contributed by atoms with van der Waals surface area (Å²) < 4.78 is 0. The number of nitrogens with zero attached hydrogens (tertiary/aromatic N) is 1. The first-order chi connectivity index (χ1) is 11.9. The zero-order valence-corrected chi connectivity index (χ0v) is 12.8. The summed E-state index contributed by atoms with van der Waals surface area (Å²) in [7, 11) is 0. The van der Waals surface area contributed by atoms with Crippen molar-refractivity contribution in [2.45, 2.75) is 12.5 Å². The van der Waals surface area contributed by atoms with Crippen LogP contribution in [0.3, 0.4) is 0 Å². The van der Waals surface area contributed by atoms with E-state index < -0.39 is 35.1 Å². The molecule has 1 aliphatic heterocycles. The second-order valence-electron chi connectivity index (χ2n) is 5.49. The van der Waals surface area contributed by atoms with E-state index in [0.717, 1.165) is 17.0 Å². The van der Waals surface area contributed by atoms with Crippen LogP contribution in [-0.4, -0.2) is 39.1 Å². The van der Waals surface area contributed by atoms with Crippen LogP contribution in [0.15, 0.2) is 42.5 Å². The van der Waals surface area contributed by atoms with Gasteiger partial charge in [0.05, 0.1) is 17.8 Å². The molecule has 2 amide bonds. The lowest BCUT2D eigenvalue weighted by Crippen LogP contribution is -2.34. The molecule has 0 aliphatic carbocycles. The van der Waals surface area contributed by atoms with Crippen LogP contribution < -0.4 is 10.2 Å². The van der Waals surface area contributed by atoms with E-state index in [-0.39, 0.29) is 17.9 Å². The van der Waals surface area contributed by atoms with E-state index in [0.29, 0.717) is 5.69 Å². The molecule has 0 radical (unpaired) electrons. The highest BCUT2D eigenvalue weighted by Crippen LogP contribution is 2.30. The molecule has 1 unspecified atom stereocenters. The van der Waals surface area contributed by atoms with Gasteiger partial charge in [0.25, 0.3) is 5.91 Å². The Hall–Kier alpha value is -3.55. The summed E-state index contributed by atoms with van der Waals surface area (Å²) in [6.45, 7) is 0. The van der Waals surface area contributed by atoms with Crippen molar-refractivity contribution >= 4 is 29.2 Å². The molecule has 1 atom stereocenters. The van der Waals surface area contributed by atoms with E-state index >= 15 is 0 Å². The van der Waals surface area contributed by atoms with Crippen LogP contribution in [0, 0.1) is 0 Å². The maximum Gasteiger partial charge on any atom is 0.339 e. The van der Waals surface area contributed by atoms with E-state index in [1.54, 1.807) is 18.2 Å².